The Kier molecular flexibility index (Phi) is 2.57. The van der Waals surface area contributed by atoms with Gasteiger partial charge in [0.15, 0.2) is 0 Å². The first-order valence-electron chi connectivity index (χ1n) is 5.35. The molecule has 0 amide bonds. The van der Waals surface area contributed by atoms with Gasteiger partial charge in [0, 0.05) is 24.8 Å². The maximum Gasteiger partial charge on any atom is 0.116 e. The van der Waals surface area contributed by atoms with Crippen molar-refractivity contribution < 1.29 is 5.11 Å². The Morgan fingerprint density at radius 1 is 1.53 bits per heavy atom. The summed E-state index contributed by atoms with van der Waals surface area (Å²) in [4.78, 5) is 2.29. The van der Waals surface area contributed by atoms with Crippen molar-refractivity contribution in [2.75, 3.05) is 19.0 Å². The molecule has 2 atom stereocenters. The minimum Gasteiger partial charge on any atom is -0.508 e. The SMILES string of the molecule is CNC(C)C1Cc2cc(O)ccc2N1C. The van der Waals surface area contributed by atoms with Gasteiger partial charge in [-0.05, 0) is 44.2 Å². The van der Waals surface area contributed by atoms with Gasteiger partial charge in [0.1, 0.15) is 5.75 Å². The lowest BCUT2D eigenvalue weighted by Gasteiger charge is -2.27. The molecule has 0 radical (unpaired) electrons. The van der Waals surface area contributed by atoms with Crippen molar-refractivity contribution in [3.63, 3.8) is 0 Å². The molecule has 1 aromatic carbocycles. The monoisotopic (exact) mass is 206 g/mol. The molecule has 0 aromatic heterocycles. The van der Waals surface area contributed by atoms with Gasteiger partial charge in [-0.15, -0.1) is 0 Å². The smallest absolute Gasteiger partial charge is 0.116 e. The number of nitrogens with one attached hydrogen (secondary N) is 1. The summed E-state index contributed by atoms with van der Waals surface area (Å²) in [6.45, 7) is 2.19. The highest BCUT2D eigenvalue weighted by Crippen LogP contribution is 2.34. The minimum absolute atomic E-state index is 0.361. The first-order chi connectivity index (χ1) is 7.13. The third kappa shape index (κ3) is 1.67. The molecule has 3 nitrogen and oxygen atoms in total. The van der Waals surface area contributed by atoms with Crippen LogP contribution in [0.1, 0.15) is 12.5 Å². The normalized spacial score (nSPS) is 21.5. The van der Waals surface area contributed by atoms with Crippen molar-refractivity contribution in [3.05, 3.63) is 23.8 Å². The highest BCUT2D eigenvalue weighted by atomic mass is 16.3. The van der Waals surface area contributed by atoms with Gasteiger partial charge < -0.3 is 15.3 Å². The van der Waals surface area contributed by atoms with Crippen molar-refractivity contribution in [1.29, 1.82) is 0 Å². The van der Waals surface area contributed by atoms with Gasteiger partial charge in [0.2, 0.25) is 0 Å². The lowest BCUT2D eigenvalue weighted by molar-refractivity contribution is 0.473. The van der Waals surface area contributed by atoms with Gasteiger partial charge in [0.05, 0.1) is 0 Å². The summed E-state index contributed by atoms with van der Waals surface area (Å²) < 4.78 is 0. The predicted molar refractivity (Wildman–Crippen MR) is 62.5 cm³/mol. The van der Waals surface area contributed by atoms with Gasteiger partial charge in [-0.25, -0.2) is 0 Å². The van der Waals surface area contributed by atoms with E-state index < -0.39 is 0 Å². The van der Waals surface area contributed by atoms with Gasteiger partial charge in [-0.1, -0.05) is 0 Å². The lowest BCUT2D eigenvalue weighted by atomic mass is 10.0. The first-order valence-corrected chi connectivity index (χ1v) is 5.35. The summed E-state index contributed by atoms with van der Waals surface area (Å²) in [5.41, 5.74) is 2.48. The summed E-state index contributed by atoms with van der Waals surface area (Å²) in [5.74, 6) is 0.361. The Balaban J connectivity index is 2.28. The molecule has 0 spiro atoms. The number of anilines is 1. The highest BCUT2D eigenvalue weighted by molar-refractivity contribution is 5.61. The highest BCUT2D eigenvalue weighted by Gasteiger charge is 2.29. The zero-order valence-corrected chi connectivity index (χ0v) is 9.49. The van der Waals surface area contributed by atoms with Gasteiger partial charge in [-0.3, -0.25) is 0 Å². The average molecular weight is 206 g/mol. The molecule has 15 heavy (non-hydrogen) atoms. The van der Waals surface area contributed by atoms with Crippen LogP contribution in [0.5, 0.6) is 5.75 Å². The third-order valence-corrected chi connectivity index (χ3v) is 3.40. The molecule has 82 valence electrons. The van der Waals surface area contributed by atoms with Crippen LogP contribution in [-0.4, -0.2) is 31.3 Å². The Morgan fingerprint density at radius 3 is 2.93 bits per heavy atom. The van der Waals surface area contributed by atoms with E-state index in [2.05, 4.69) is 24.2 Å². The topological polar surface area (TPSA) is 35.5 Å². The number of hydrogen-bond acceptors (Lipinski definition) is 3. The van der Waals surface area contributed by atoms with Gasteiger partial charge in [0.25, 0.3) is 0 Å². The fraction of sp³-hybridized carbons (Fsp3) is 0.500. The van der Waals surface area contributed by atoms with Crippen molar-refractivity contribution in [1.82, 2.24) is 5.32 Å². The van der Waals surface area contributed by atoms with Crippen LogP contribution in [0.25, 0.3) is 0 Å². The van der Waals surface area contributed by atoms with Crippen LogP contribution in [0.4, 0.5) is 5.69 Å². The molecular formula is C12H18N2O. The Labute approximate surface area is 90.7 Å². The summed E-state index contributed by atoms with van der Waals surface area (Å²) in [6, 6.07) is 6.54. The van der Waals surface area contributed by atoms with Crippen LogP contribution in [0.2, 0.25) is 0 Å². The van der Waals surface area contributed by atoms with E-state index in [-0.39, 0.29) is 0 Å². The van der Waals surface area contributed by atoms with Crippen molar-refractivity contribution in [3.8, 4) is 5.75 Å². The quantitative estimate of drug-likeness (QED) is 0.767. The molecule has 1 aliphatic rings. The molecule has 0 fully saturated rings. The van der Waals surface area contributed by atoms with E-state index in [0.717, 1.165) is 6.42 Å². The van der Waals surface area contributed by atoms with Crippen molar-refractivity contribution in [2.24, 2.45) is 0 Å². The number of phenolic OH excluding ortho intramolecular Hbond substituents is 1. The van der Waals surface area contributed by atoms with Crippen LogP contribution in [0.15, 0.2) is 18.2 Å². The predicted octanol–water partition coefficient (Wildman–Crippen LogP) is 1.36. The molecule has 2 rings (SSSR count). The largest absolute Gasteiger partial charge is 0.508 e. The number of phenols is 1. The number of rotatable bonds is 2. The molecular weight excluding hydrogens is 188 g/mol. The van der Waals surface area contributed by atoms with E-state index in [0.29, 0.717) is 17.8 Å². The Hall–Kier alpha value is -1.22. The zero-order valence-electron chi connectivity index (χ0n) is 9.49. The summed E-state index contributed by atoms with van der Waals surface area (Å²) in [7, 11) is 4.10. The lowest BCUT2D eigenvalue weighted by Crippen LogP contribution is -2.44. The first kappa shape index (κ1) is 10.3. The second kappa shape index (κ2) is 3.74. The zero-order chi connectivity index (χ0) is 11.0. The molecule has 1 aliphatic heterocycles. The summed E-state index contributed by atoms with van der Waals surface area (Å²) in [6.07, 6.45) is 1.00. The van der Waals surface area contributed by atoms with Gasteiger partial charge in [-0.2, -0.15) is 0 Å². The maximum absolute atomic E-state index is 9.43. The van der Waals surface area contributed by atoms with Crippen molar-refractivity contribution in [2.45, 2.75) is 25.4 Å². The van der Waals surface area contributed by atoms with E-state index in [4.69, 9.17) is 0 Å². The van der Waals surface area contributed by atoms with Crippen LogP contribution >= 0.6 is 0 Å². The number of likely N-dealkylation sites (N-methyl/N-ethyl adjacent to an activating group) is 2. The minimum atomic E-state index is 0.361. The molecule has 0 bridgehead atoms. The Bertz CT molecular complexity index is 365. The molecule has 1 heterocycles. The fourth-order valence-corrected chi connectivity index (χ4v) is 2.32. The molecule has 3 heteroatoms. The molecule has 0 aliphatic carbocycles. The van der Waals surface area contributed by atoms with E-state index in [1.165, 1.54) is 11.3 Å². The van der Waals surface area contributed by atoms with E-state index >= 15 is 0 Å². The number of benzene rings is 1. The number of fused-ring (bicyclic) bond motifs is 1. The molecule has 2 unspecified atom stereocenters. The summed E-state index contributed by atoms with van der Waals surface area (Å²) >= 11 is 0. The van der Waals surface area contributed by atoms with Crippen LogP contribution in [0, 0.1) is 0 Å². The van der Waals surface area contributed by atoms with E-state index in [9.17, 15) is 5.11 Å². The molecule has 1 aromatic rings. The second-order valence-electron chi connectivity index (χ2n) is 4.27. The molecule has 0 saturated carbocycles. The van der Waals surface area contributed by atoms with Crippen LogP contribution in [0.3, 0.4) is 0 Å². The average Bonchev–Trinajstić information content (AvgIpc) is 2.54. The van der Waals surface area contributed by atoms with E-state index in [1.807, 2.05) is 19.2 Å². The maximum atomic E-state index is 9.43. The number of hydrogen-bond donors (Lipinski definition) is 2. The Morgan fingerprint density at radius 2 is 2.27 bits per heavy atom. The molecule has 2 N–H and O–H groups in total. The van der Waals surface area contributed by atoms with E-state index in [1.54, 1.807) is 6.07 Å². The third-order valence-electron chi connectivity index (χ3n) is 3.40. The van der Waals surface area contributed by atoms with Crippen molar-refractivity contribution >= 4 is 5.69 Å². The fourth-order valence-electron chi connectivity index (χ4n) is 2.32. The second-order valence-corrected chi connectivity index (χ2v) is 4.27. The van der Waals surface area contributed by atoms with Gasteiger partial charge >= 0.3 is 0 Å². The summed E-state index contributed by atoms with van der Waals surface area (Å²) in [5, 5.41) is 12.7. The number of aromatic hydroxyl groups is 1. The number of nitrogens with zero attached hydrogens (tertiary/aromatic N) is 1. The van der Waals surface area contributed by atoms with Crippen LogP contribution in [-0.2, 0) is 6.42 Å². The standard InChI is InChI=1S/C12H18N2O/c1-8(13-2)12-7-9-6-10(15)4-5-11(9)14(12)3/h4-6,8,12-13,15H,7H2,1-3H3. The van der Waals surface area contributed by atoms with Crippen LogP contribution < -0.4 is 10.2 Å². The molecule has 0 saturated heterocycles.